The Labute approximate surface area is 96.5 Å². The smallest absolute Gasteiger partial charge is 0.333 e. The maximum Gasteiger partial charge on any atom is 0.333 e. The van der Waals surface area contributed by atoms with Crippen LogP contribution in [0.15, 0.2) is 11.1 Å². The lowest BCUT2D eigenvalue weighted by Gasteiger charge is -2.33. The molecule has 0 aromatic heterocycles. The standard InChI is InChI=1S/C12H20O2S/c1-5-14-11(13)9(2)10-8-15-7-6-12(10,3)4/h5-8H2,1-4H3. The number of ether oxygens (including phenoxy) is 1. The van der Waals surface area contributed by atoms with Crippen LogP contribution in [0.2, 0.25) is 0 Å². The Morgan fingerprint density at radius 3 is 2.73 bits per heavy atom. The van der Waals surface area contributed by atoms with Crippen molar-refractivity contribution in [1.82, 2.24) is 0 Å². The quantitative estimate of drug-likeness (QED) is 0.537. The largest absolute Gasteiger partial charge is 0.463 e. The summed E-state index contributed by atoms with van der Waals surface area (Å²) in [7, 11) is 0. The Bertz CT molecular complexity index is 279. The summed E-state index contributed by atoms with van der Waals surface area (Å²) in [6, 6.07) is 0. The average Bonchev–Trinajstić information content (AvgIpc) is 2.16. The Kier molecular flexibility index (Phi) is 4.26. The lowest BCUT2D eigenvalue weighted by Crippen LogP contribution is -2.25. The van der Waals surface area contributed by atoms with Gasteiger partial charge in [-0.15, -0.1) is 0 Å². The maximum atomic E-state index is 11.6. The minimum absolute atomic E-state index is 0.150. The lowest BCUT2D eigenvalue weighted by atomic mass is 9.80. The molecule has 0 radical (unpaired) electrons. The SMILES string of the molecule is CCOC(=O)C(C)=C1CSCCC1(C)C. The van der Waals surface area contributed by atoms with Gasteiger partial charge in [-0.1, -0.05) is 13.8 Å². The molecule has 0 aromatic carbocycles. The van der Waals surface area contributed by atoms with Crippen LogP contribution in [-0.2, 0) is 9.53 Å². The third-order valence-electron chi connectivity index (χ3n) is 2.97. The molecular formula is C12H20O2S. The second kappa shape index (κ2) is 5.06. The fraction of sp³-hybridized carbons (Fsp3) is 0.750. The van der Waals surface area contributed by atoms with Gasteiger partial charge in [-0.3, -0.25) is 0 Å². The van der Waals surface area contributed by atoms with E-state index in [0.29, 0.717) is 6.61 Å². The molecule has 1 rings (SSSR count). The van der Waals surface area contributed by atoms with Crippen LogP contribution in [-0.4, -0.2) is 24.1 Å². The van der Waals surface area contributed by atoms with E-state index in [9.17, 15) is 4.79 Å². The first-order valence-corrected chi connectivity index (χ1v) is 6.59. The first kappa shape index (κ1) is 12.6. The highest BCUT2D eigenvalue weighted by molar-refractivity contribution is 7.99. The second-order valence-corrected chi connectivity index (χ2v) is 5.62. The molecule has 2 nitrogen and oxygen atoms in total. The fourth-order valence-corrected chi connectivity index (χ4v) is 3.44. The molecule has 86 valence electrons. The normalized spacial score (nSPS) is 23.5. The van der Waals surface area contributed by atoms with Crippen molar-refractivity contribution >= 4 is 17.7 Å². The van der Waals surface area contributed by atoms with Crippen molar-refractivity contribution in [2.45, 2.75) is 34.1 Å². The summed E-state index contributed by atoms with van der Waals surface area (Å²) in [5.41, 5.74) is 2.23. The highest BCUT2D eigenvalue weighted by Gasteiger charge is 2.30. The third-order valence-corrected chi connectivity index (χ3v) is 3.95. The van der Waals surface area contributed by atoms with Crippen LogP contribution in [0.3, 0.4) is 0 Å². The molecule has 0 atom stereocenters. The molecule has 0 aromatic rings. The van der Waals surface area contributed by atoms with E-state index in [1.54, 1.807) is 0 Å². The van der Waals surface area contributed by atoms with Crippen molar-refractivity contribution < 1.29 is 9.53 Å². The number of esters is 1. The molecule has 0 unspecified atom stereocenters. The van der Waals surface area contributed by atoms with Crippen molar-refractivity contribution in [3.8, 4) is 0 Å². The van der Waals surface area contributed by atoms with Gasteiger partial charge in [0.1, 0.15) is 0 Å². The van der Waals surface area contributed by atoms with E-state index in [4.69, 9.17) is 4.74 Å². The fourth-order valence-electron chi connectivity index (χ4n) is 1.83. The monoisotopic (exact) mass is 228 g/mol. The summed E-state index contributed by atoms with van der Waals surface area (Å²) in [5, 5.41) is 0. The van der Waals surface area contributed by atoms with Gasteiger partial charge in [0.2, 0.25) is 0 Å². The Balaban J connectivity index is 2.90. The summed E-state index contributed by atoms with van der Waals surface area (Å²) >= 11 is 1.90. The van der Waals surface area contributed by atoms with Gasteiger partial charge in [-0.25, -0.2) is 4.79 Å². The van der Waals surface area contributed by atoms with Gasteiger partial charge in [-0.2, -0.15) is 11.8 Å². The molecule has 1 heterocycles. The minimum atomic E-state index is -0.150. The van der Waals surface area contributed by atoms with Gasteiger partial charge in [0.15, 0.2) is 0 Å². The van der Waals surface area contributed by atoms with Crippen LogP contribution in [0.4, 0.5) is 0 Å². The van der Waals surface area contributed by atoms with E-state index >= 15 is 0 Å². The van der Waals surface area contributed by atoms with Crippen LogP contribution >= 0.6 is 11.8 Å². The van der Waals surface area contributed by atoms with E-state index in [1.165, 1.54) is 11.3 Å². The summed E-state index contributed by atoms with van der Waals surface area (Å²) in [6.07, 6.45) is 1.14. The Morgan fingerprint density at radius 1 is 1.53 bits per heavy atom. The van der Waals surface area contributed by atoms with Gasteiger partial charge in [-0.05, 0) is 37.0 Å². The first-order valence-electron chi connectivity index (χ1n) is 5.44. The predicted molar refractivity (Wildman–Crippen MR) is 65.1 cm³/mol. The lowest BCUT2D eigenvalue weighted by molar-refractivity contribution is -0.138. The van der Waals surface area contributed by atoms with E-state index in [0.717, 1.165) is 17.7 Å². The summed E-state index contributed by atoms with van der Waals surface area (Å²) in [5.74, 6) is 2.01. The van der Waals surface area contributed by atoms with Crippen LogP contribution in [0.5, 0.6) is 0 Å². The molecule has 15 heavy (non-hydrogen) atoms. The van der Waals surface area contributed by atoms with Gasteiger partial charge in [0, 0.05) is 11.3 Å². The molecule has 0 saturated carbocycles. The van der Waals surface area contributed by atoms with Crippen molar-refractivity contribution in [3.05, 3.63) is 11.1 Å². The second-order valence-electron chi connectivity index (χ2n) is 4.51. The number of carbonyl (C=O) groups excluding carboxylic acids is 1. The van der Waals surface area contributed by atoms with Crippen molar-refractivity contribution in [2.24, 2.45) is 5.41 Å². The number of rotatable bonds is 2. The number of hydrogen-bond donors (Lipinski definition) is 0. The number of carbonyl (C=O) groups is 1. The van der Waals surface area contributed by atoms with Crippen LogP contribution < -0.4 is 0 Å². The molecule has 0 bridgehead atoms. The van der Waals surface area contributed by atoms with E-state index in [1.807, 2.05) is 25.6 Å². The molecule has 0 N–H and O–H groups in total. The summed E-state index contributed by atoms with van der Waals surface area (Å²) < 4.78 is 5.04. The zero-order chi connectivity index (χ0) is 11.5. The third kappa shape index (κ3) is 3.00. The molecule has 1 aliphatic rings. The molecule has 0 aliphatic carbocycles. The van der Waals surface area contributed by atoms with Crippen molar-refractivity contribution in [2.75, 3.05) is 18.1 Å². The molecule has 1 fully saturated rings. The zero-order valence-electron chi connectivity index (χ0n) is 10.1. The number of thioether (sulfide) groups is 1. The molecule has 1 saturated heterocycles. The van der Waals surface area contributed by atoms with Crippen molar-refractivity contribution in [3.63, 3.8) is 0 Å². The molecular weight excluding hydrogens is 208 g/mol. The topological polar surface area (TPSA) is 26.3 Å². The van der Waals surface area contributed by atoms with Crippen LogP contribution in [0.1, 0.15) is 34.1 Å². The number of hydrogen-bond acceptors (Lipinski definition) is 3. The Hall–Kier alpha value is -0.440. The van der Waals surface area contributed by atoms with Crippen molar-refractivity contribution in [1.29, 1.82) is 0 Å². The highest BCUT2D eigenvalue weighted by Crippen LogP contribution is 2.40. The molecule has 1 aliphatic heterocycles. The van der Waals surface area contributed by atoms with Crippen LogP contribution in [0.25, 0.3) is 0 Å². The van der Waals surface area contributed by atoms with Crippen LogP contribution in [0, 0.1) is 5.41 Å². The zero-order valence-corrected chi connectivity index (χ0v) is 10.9. The Morgan fingerprint density at radius 2 is 2.20 bits per heavy atom. The highest BCUT2D eigenvalue weighted by atomic mass is 32.2. The molecule has 0 amide bonds. The van der Waals surface area contributed by atoms with E-state index < -0.39 is 0 Å². The van der Waals surface area contributed by atoms with Gasteiger partial charge in [0.05, 0.1) is 6.61 Å². The molecule has 3 heteroatoms. The first-order chi connectivity index (χ1) is 6.99. The molecule has 0 spiro atoms. The van der Waals surface area contributed by atoms with Gasteiger partial charge < -0.3 is 4.74 Å². The predicted octanol–water partition coefficient (Wildman–Crippen LogP) is 3.03. The average molecular weight is 228 g/mol. The summed E-state index contributed by atoms with van der Waals surface area (Å²) in [6.45, 7) is 8.62. The van der Waals surface area contributed by atoms with Gasteiger partial charge >= 0.3 is 5.97 Å². The minimum Gasteiger partial charge on any atom is -0.463 e. The van der Waals surface area contributed by atoms with E-state index in [2.05, 4.69) is 13.8 Å². The maximum absolute atomic E-state index is 11.6. The summed E-state index contributed by atoms with van der Waals surface area (Å²) in [4.78, 5) is 11.6. The van der Waals surface area contributed by atoms with E-state index in [-0.39, 0.29) is 11.4 Å². The van der Waals surface area contributed by atoms with Gasteiger partial charge in [0.25, 0.3) is 0 Å².